The number of hydrogen-bond acceptors (Lipinski definition) is 3. The first kappa shape index (κ1) is 13.0. The van der Waals surface area contributed by atoms with Crippen LogP contribution < -0.4 is 9.47 Å². The lowest BCUT2D eigenvalue weighted by Gasteiger charge is -2.25. The highest BCUT2D eigenvalue weighted by molar-refractivity contribution is 14.1. The molecule has 94 valence electrons. The van der Waals surface area contributed by atoms with Crippen LogP contribution in [0.2, 0.25) is 0 Å². The topological polar surface area (TPSA) is 27.7 Å². The van der Waals surface area contributed by atoms with Gasteiger partial charge in [-0.3, -0.25) is 0 Å². The Balaban J connectivity index is 2.18. The number of rotatable bonds is 3. The van der Waals surface area contributed by atoms with E-state index in [2.05, 4.69) is 22.6 Å². The molecule has 1 fully saturated rings. The minimum atomic E-state index is -0.108. The van der Waals surface area contributed by atoms with Crippen molar-refractivity contribution in [1.82, 2.24) is 0 Å². The van der Waals surface area contributed by atoms with Gasteiger partial charge in [0, 0.05) is 6.42 Å². The number of halogens is 1. The van der Waals surface area contributed by atoms with E-state index in [-0.39, 0.29) is 6.29 Å². The molecular formula is C13H17IO3. The van der Waals surface area contributed by atoms with E-state index in [4.69, 9.17) is 14.2 Å². The van der Waals surface area contributed by atoms with Crippen LogP contribution in [0, 0.1) is 10.5 Å². The van der Waals surface area contributed by atoms with E-state index in [0.29, 0.717) is 0 Å². The highest BCUT2D eigenvalue weighted by Gasteiger charge is 2.19. The van der Waals surface area contributed by atoms with Crippen LogP contribution in [-0.4, -0.2) is 20.0 Å². The average molecular weight is 348 g/mol. The molecule has 0 bridgehead atoms. The molecule has 0 aliphatic carbocycles. The van der Waals surface area contributed by atoms with Crippen LogP contribution in [0.3, 0.4) is 0 Å². The zero-order valence-electron chi connectivity index (χ0n) is 10.2. The fourth-order valence-electron chi connectivity index (χ4n) is 1.87. The third-order valence-corrected chi connectivity index (χ3v) is 3.89. The van der Waals surface area contributed by atoms with Crippen molar-refractivity contribution in [3.05, 3.63) is 21.3 Å². The van der Waals surface area contributed by atoms with Crippen LogP contribution in [0.5, 0.6) is 11.5 Å². The van der Waals surface area contributed by atoms with Gasteiger partial charge in [-0.1, -0.05) is 6.07 Å². The predicted molar refractivity (Wildman–Crippen MR) is 74.7 cm³/mol. The van der Waals surface area contributed by atoms with Gasteiger partial charge in [-0.15, -0.1) is 0 Å². The van der Waals surface area contributed by atoms with Gasteiger partial charge in [0.05, 0.1) is 17.3 Å². The number of hydrogen-bond donors (Lipinski definition) is 0. The summed E-state index contributed by atoms with van der Waals surface area (Å²) >= 11 is 2.26. The summed E-state index contributed by atoms with van der Waals surface area (Å²) in [5.74, 6) is 1.74. The Bertz CT molecular complexity index is 386. The molecule has 0 N–H and O–H groups in total. The highest BCUT2D eigenvalue weighted by Crippen LogP contribution is 2.34. The third kappa shape index (κ3) is 3.04. The zero-order chi connectivity index (χ0) is 12.3. The first-order chi connectivity index (χ1) is 8.22. The second-order valence-electron chi connectivity index (χ2n) is 4.14. The molecule has 1 aliphatic heterocycles. The van der Waals surface area contributed by atoms with Crippen molar-refractivity contribution in [2.45, 2.75) is 32.5 Å². The maximum Gasteiger partial charge on any atom is 0.199 e. The summed E-state index contributed by atoms with van der Waals surface area (Å²) in [6.45, 7) is 2.84. The number of methoxy groups -OCH3 is 1. The molecule has 4 heteroatoms. The summed E-state index contributed by atoms with van der Waals surface area (Å²) in [6, 6.07) is 3.98. The summed E-state index contributed by atoms with van der Waals surface area (Å²) in [5.41, 5.74) is 1.12. The fourth-order valence-corrected chi connectivity index (χ4v) is 2.82. The highest BCUT2D eigenvalue weighted by atomic mass is 127. The van der Waals surface area contributed by atoms with Crippen LogP contribution in [0.15, 0.2) is 12.1 Å². The van der Waals surface area contributed by atoms with E-state index < -0.39 is 0 Å². The van der Waals surface area contributed by atoms with Crippen molar-refractivity contribution in [3.8, 4) is 11.5 Å². The van der Waals surface area contributed by atoms with Crippen molar-refractivity contribution in [3.63, 3.8) is 0 Å². The van der Waals surface area contributed by atoms with Gasteiger partial charge in [-0.25, -0.2) is 0 Å². The van der Waals surface area contributed by atoms with E-state index in [1.54, 1.807) is 7.11 Å². The second kappa shape index (κ2) is 5.91. The van der Waals surface area contributed by atoms with E-state index in [1.165, 1.54) is 6.42 Å². The van der Waals surface area contributed by atoms with E-state index in [1.807, 2.05) is 19.1 Å². The lowest BCUT2D eigenvalue weighted by molar-refractivity contribution is -0.106. The monoisotopic (exact) mass is 348 g/mol. The molecule has 1 saturated heterocycles. The van der Waals surface area contributed by atoms with Gasteiger partial charge in [0.15, 0.2) is 6.29 Å². The molecule has 1 aromatic carbocycles. The molecular weight excluding hydrogens is 331 g/mol. The third-order valence-electron chi connectivity index (χ3n) is 2.87. The molecule has 0 spiro atoms. The maximum atomic E-state index is 5.95. The van der Waals surface area contributed by atoms with Crippen LogP contribution in [0.25, 0.3) is 0 Å². The van der Waals surface area contributed by atoms with Gasteiger partial charge in [0.25, 0.3) is 0 Å². The first-order valence-electron chi connectivity index (χ1n) is 5.83. The molecule has 0 saturated carbocycles. The van der Waals surface area contributed by atoms with E-state index in [9.17, 15) is 0 Å². The van der Waals surface area contributed by atoms with Crippen LogP contribution >= 0.6 is 22.6 Å². The van der Waals surface area contributed by atoms with E-state index in [0.717, 1.165) is 40.1 Å². The zero-order valence-corrected chi connectivity index (χ0v) is 12.3. The fraction of sp³-hybridized carbons (Fsp3) is 0.538. The van der Waals surface area contributed by atoms with Crippen molar-refractivity contribution < 1.29 is 14.2 Å². The lowest BCUT2D eigenvalue weighted by Crippen LogP contribution is -2.25. The smallest absolute Gasteiger partial charge is 0.199 e. The van der Waals surface area contributed by atoms with Crippen LogP contribution in [0.1, 0.15) is 24.8 Å². The second-order valence-corrected chi connectivity index (χ2v) is 5.22. The van der Waals surface area contributed by atoms with E-state index >= 15 is 0 Å². The Hall–Kier alpha value is -0.490. The Morgan fingerprint density at radius 3 is 2.82 bits per heavy atom. The standard InChI is InChI=1S/C13H17IO3/c1-9-6-7-10(15-2)12(14)13(9)17-11-5-3-4-8-16-11/h6-7,11H,3-5,8H2,1-2H3. The molecule has 1 unspecified atom stereocenters. The lowest BCUT2D eigenvalue weighted by atomic mass is 10.2. The molecule has 1 atom stereocenters. The van der Waals surface area contributed by atoms with Gasteiger partial charge >= 0.3 is 0 Å². The number of aryl methyl sites for hydroxylation is 1. The molecule has 2 rings (SSSR count). The minimum Gasteiger partial charge on any atom is -0.496 e. The number of ether oxygens (including phenoxy) is 3. The van der Waals surface area contributed by atoms with Gasteiger partial charge in [-0.05, 0) is 54.0 Å². The van der Waals surface area contributed by atoms with Gasteiger partial charge in [0.2, 0.25) is 0 Å². The Morgan fingerprint density at radius 1 is 1.35 bits per heavy atom. The Kier molecular flexibility index (Phi) is 4.50. The molecule has 0 radical (unpaired) electrons. The Labute approximate surface area is 116 Å². The predicted octanol–water partition coefficient (Wildman–Crippen LogP) is 3.51. The van der Waals surface area contributed by atoms with Gasteiger partial charge < -0.3 is 14.2 Å². The molecule has 3 nitrogen and oxygen atoms in total. The molecule has 1 aromatic rings. The molecule has 1 heterocycles. The minimum absolute atomic E-state index is 0.108. The van der Waals surface area contributed by atoms with Crippen LogP contribution in [-0.2, 0) is 4.74 Å². The SMILES string of the molecule is COc1ccc(C)c(OC2CCCCO2)c1I. The molecule has 17 heavy (non-hydrogen) atoms. The molecule has 0 aromatic heterocycles. The quantitative estimate of drug-likeness (QED) is 0.783. The normalized spacial score (nSPS) is 20.1. The summed E-state index contributed by atoms with van der Waals surface area (Å²) in [5, 5.41) is 0. The van der Waals surface area contributed by atoms with Crippen molar-refractivity contribution in [1.29, 1.82) is 0 Å². The van der Waals surface area contributed by atoms with Crippen LogP contribution in [0.4, 0.5) is 0 Å². The van der Waals surface area contributed by atoms with Crippen molar-refractivity contribution in [2.24, 2.45) is 0 Å². The maximum absolute atomic E-state index is 5.95. The average Bonchev–Trinajstić information content (AvgIpc) is 2.36. The number of benzene rings is 1. The van der Waals surface area contributed by atoms with Gasteiger partial charge in [-0.2, -0.15) is 0 Å². The summed E-state index contributed by atoms with van der Waals surface area (Å²) < 4.78 is 17.9. The summed E-state index contributed by atoms with van der Waals surface area (Å²) in [6.07, 6.45) is 3.16. The van der Waals surface area contributed by atoms with Gasteiger partial charge in [0.1, 0.15) is 11.5 Å². The first-order valence-corrected chi connectivity index (χ1v) is 6.91. The summed E-state index contributed by atoms with van der Waals surface area (Å²) in [7, 11) is 1.67. The van der Waals surface area contributed by atoms with Crippen molar-refractivity contribution >= 4 is 22.6 Å². The summed E-state index contributed by atoms with van der Waals surface area (Å²) in [4.78, 5) is 0. The largest absolute Gasteiger partial charge is 0.496 e. The van der Waals surface area contributed by atoms with Crippen molar-refractivity contribution in [2.75, 3.05) is 13.7 Å². The molecule has 1 aliphatic rings. The molecule has 0 amide bonds. The Morgan fingerprint density at radius 2 is 2.18 bits per heavy atom.